The molecule has 0 fully saturated rings. The fraction of sp³-hybridized carbons (Fsp3) is 0.0909. The lowest BCUT2D eigenvalue weighted by molar-refractivity contribution is -0.633. The Balaban J connectivity index is 2.43. The molecule has 100 valence electrons. The highest BCUT2D eigenvalue weighted by molar-refractivity contribution is 6.41. The standard InChI is InChI=1S/C11H7Cl4N3O/c1-18(15)5-16-4-9(18)11(19)17-10-7(13)2-6(12)3-8(10)14/h2-5H,1H3. The van der Waals surface area contributed by atoms with Crippen molar-refractivity contribution in [3.8, 4) is 0 Å². The van der Waals surface area contributed by atoms with E-state index < -0.39 is 5.90 Å². The van der Waals surface area contributed by atoms with Crippen LogP contribution >= 0.6 is 46.6 Å². The van der Waals surface area contributed by atoms with Gasteiger partial charge in [-0.3, -0.25) is 4.99 Å². The average Bonchev–Trinajstić information content (AvgIpc) is 2.63. The number of hydrogen-bond donors (Lipinski definition) is 0. The van der Waals surface area contributed by atoms with Gasteiger partial charge >= 0.3 is 0 Å². The summed E-state index contributed by atoms with van der Waals surface area (Å²) in [5.74, 6) is -0.568. The third kappa shape index (κ3) is 3.04. The molecule has 0 saturated heterocycles. The van der Waals surface area contributed by atoms with Crippen LogP contribution in [0.4, 0.5) is 5.69 Å². The number of benzene rings is 1. The van der Waals surface area contributed by atoms with Gasteiger partial charge in [-0.1, -0.05) is 34.8 Å². The van der Waals surface area contributed by atoms with Crippen LogP contribution in [0.1, 0.15) is 0 Å². The number of aliphatic imine (C=N–C) groups is 2. The first-order valence-corrected chi connectivity index (χ1v) is 6.50. The third-order valence-corrected chi connectivity index (χ3v) is 3.43. The van der Waals surface area contributed by atoms with E-state index in [0.717, 1.165) is 0 Å². The number of hydrogen-bond acceptors (Lipinski definition) is 3. The number of nitrogens with zero attached hydrogens (tertiary/aromatic N) is 3. The number of rotatable bonds is 2. The van der Waals surface area contributed by atoms with E-state index in [-0.39, 0.29) is 25.4 Å². The molecule has 0 aliphatic carbocycles. The zero-order valence-electron chi connectivity index (χ0n) is 9.57. The van der Waals surface area contributed by atoms with Gasteiger partial charge in [-0.2, -0.15) is 0 Å². The molecule has 1 unspecified atom stereocenters. The second kappa shape index (κ2) is 5.31. The van der Waals surface area contributed by atoms with Crippen molar-refractivity contribution in [2.24, 2.45) is 9.98 Å². The highest BCUT2D eigenvalue weighted by Gasteiger charge is 2.29. The minimum Gasteiger partial charge on any atom is -0.854 e. The van der Waals surface area contributed by atoms with Crippen molar-refractivity contribution in [1.82, 2.24) is 0 Å². The van der Waals surface area contributed by atoms with Gasteiger partial charge in [-0.25, -0.2) is 4.99 Å². The van der Waals surface area contributed by atoms with Gasteiger partial charge < -0.3 is 5.11 Å². The Bertz CT molecular complexity index is 599. The highest BCUT2D eigenvalue weighted by atomic mass is 35.5. The van der Waals surface area contributed by atoms with Crippen LogP contribution in [0.3, 0.4) is 0 Å². The van der Waals surface area contributed by atoms with Crippen LogP contribution in [0.2, 0.25) is 15.1 Å². The molecule has 8 heteroatoms. The molecule has 1 aromatic carbocycles. The predicted molar refractivity (Wildman–Crippen MR) is 77.2 cm³/mol. The smallest absolute Gasteiger partial charge is 0.213 e. The molecule has 0 spiro atoms. The van der Waals surface area contributed by atoms with Gasteiger partial charge in [0.15, 0.2) is 17.5 Å². The largest absolute Gasteiger partial charge is 0.854 e. The van der Waals surface area contributed by atoms with Gasteiger partial charge in [0.1, 0.15) is 0 Å². The Morgan fingerprint density at radius 3 is 2.32 bits per heavy atom. The Labute approximate surface area is 129 Å². The summed E-state index contributed by atoms with van der Waals surface area (Å²) in [6.45, 7) is 0. The van der Waals surface area contributed by atoms with E-state index in [1.165, 1.54) is 24.7 Å². The van der Waals surface area contributed by atoms with Crippen molar-refractivity contribution >= 4 is 64.5 Å². The van der Waals surface area contributed by atoms with E-state index in [1.54, 1.807) is 7.05 Å². The lowest BCUT2D eigenvalue weighted by Crippen LogP contribution is -2.37. The molecule has 0 radical (unpaired) electrons. The fourth-order valence-corrected chi connectivity index (χ4v) is 2.51. The molecule has 0 amide bonds. The maximum absolute atomic E-state index is 12.1. The molecule has 1 atom stereocenters. The van der Waals surface area contributed by atoms with Crippen molar-refractivity contribution < 1.29 is 9.11 Å². The van der Waals surface area contributed by atoms with Crippen molar-refractivity contribution in [2.75, 3.05) is 7.05 Å². The molecule has 0 saturated carbocycles. The van der Waals surface area contributed by atoms with E-state index in [9.17, 15) is 5.11 Å². The van der Waals surface area contributed by atoms with E-state index in [2.05, 4.69) is 9.98 Å². The average molecular weight is 339 g/mol. The molecule has 4 nitrogen and oxygen atoms in total. The van der Waals surface area contributed by atoms with E-state index in [1.807, 2.05) is 0 Å². The first-order valence-electron chi connectivity index (χ1n) is 5.03. The zero-order chi connectivity index (χ0) is 14.2. The maximum atomic E-state index is 12.1. The molecule has 0 bridgehead atoms. The van der Waals surface area contributed by atoms with Crippen LogP contribution in [-0.4, -0.2) is 23.3 Å². The number of quaternary nitrogens is 1. The van der Waals surface area contributed by atoms with Crippen molar-refractivity contribution in [1.29, 1.82) is 0 Å². The van der Waals surface area contributed by atoms with Crippen LogP contribution in [0.5, 0.6) is 0 Å². The summed E-state index contributed by atoms with van der Waals surface area (Å²) in [7, 11) is 1.59. The van der Waals surface area contributed by atoms with Gasteiger partial charge in [0.05, 0.1) is 34.9 Å². The normalized spacial score (nSPS) is 22.8. The van der Waals surface area contributed by atoms with E-state index in [0.29, 0.717) is 5.02 Å². The van der Waals surface area contributed by atoms with Crippen molar-refractivity contribution in [3.05, 3.63) is 39.1 Å². The van der Waals surface area contributed by atoms with Crippen LogP contribution in [0, 0.1) is 0 Å². The van der Waals surface area contributed by atoms with Gasteiger partial charge in [0, 0.05) is 5.02 Å². The summed E-state index contributed by atoms with van der Waals surface area (Å²) in [6, 6.07) is 2.91. The Morgan fingerprint density at radius 2 is 1.84 bits per heavy atom. The summed E-state index contributed by atoms with van der Waals surface area (Å²) in [5, 5.41) is 12.8. The van der Waals surface area contributed by atoms with Crippen LogP contribution in [0.25, 0.3) is 0 Å². The van der Waals surface area contributed by atoms with Crippen LogP contribution in [-0.2, 0) is 0 Å². The highest BCUT2D eigenvalue weighted by Crippen LogP contribution is 2.36. The van der Waals surface area contributed by atoms with E-state index >= 15 is 0 Å². The second-order valence-corrected chi connectivity index (χ2v) is 5.83. The molecule has 1 aromatic rings. The first-order chi connectivity index (χ1) is 8.81. The minimum absolute atomic E-state index is 0.155. The lowest BCUT2D eigenvalue weighted by atomic mass is 10.3. The quantitative estimate of drug-likeness (QED) is 0.462. The third-order valence-electron chi connectivity index (χ3n) is 2.37. The lowest BCUT2D eigenvalue weighted by Gasteiger charge is -2.21. The molecule has 0 aromatic heterocycles. The summed E-state index contributed by atoms with van der Waals surface area (Å²) >= 11 is 23.7. The molecular formula is C11H7Cl4N3O. The Morgan fingerprint density at radius 1 is 1.26 bits per heavy atom. The monoisotopic (exact) mass is 337 g/mol. The summed E-state index contributed by atoms with van der Waals surface area (Å²) in [6.07, 6.45) is 2.74. The number of halogens is 4. The molecule has 0 N–H and O–H groups in total. The van der Waals surface area contributed by atoms with Crippen LogP contribution < -0.4 is 5.11 Å². The SMILES string of the molecule is C[N+]1(Cl)C=NC=C1C([O-])=Nc1c(Cl)cc(Cl)cc1Cl. The summed E-state index contributed by atoms with van der Waals surface area (Å²) < 4.78 is -0.300. The fourth-order valence-electron chi connectivity index (χ4n) is 1.45. The molecule has 19 heavy (non-hydrogen) atoms. The first kappa shape index (κ1) is 14.6. The van der Waals surface area contributed by atoms with Crippen molar-refractivity contribution in [3.63, 3.8) is 0 Å². The molecular weight excluding hydrogens is 332 g/mol. The van der Waals surface area contributed by atoms with Crippen LogP contribution in [0.15, 0.2) is 34.0 Å². The summed E-state index contributed by atoms with van der Waals surface area (Å²) in [4.78, 5) is 7.69. The van der Waals surface area contributed by atoms with Gasteiger partial charge in [0.2, 0.25) is 6.34 Å². The second-order valence-electron chi connectivity index (χ2n) is 3.88. The van der Waals surface area contributed by atoms with Gasteiger partial charge in [-0.05, 0) is 12.1 Å². The minimum atomic E-state index is -0.568. The predicted octanol–water partition coefficient (Wildman–Crippen LogP) is 3.52. The van der Waals surface area contributed by atoms with Gasteiger partial charge in [0.25, 0.3) is 0 Å². The molecule has 1 aliphatic heterocycles. The van der Waals surface area contributed by atoms with Crippen molar-refractivity contribution in [2.45, 2.75) is 0 Å². The Hall–Kier alpha value is -0.780. The maximum Gasteiger partial charge on any atom is 0.213 e. The zero-order valence-corrected chi connectivity index (χ0v) is 12.6. The molecule has 2 rings (SSSR count). The topological polar surface area (TPSA) is 47.8 Å². The van der Waals surface area contributed by atoms with Gasteiger partial charge in [-0.15, -0.1) is 4.00 Å². The molecule has 1 aliphatic rings. The van der Waals surface area contributed by atoms with E-state index in [4.69, 9.17) is 46.6 Å². The molecule has 1 heterocycles. The Kier molecular flexibility index (Phi) is 4.08. The number of likely N-dealkylation sites (N-methyl/N-ethyl adjacent to an activating group) is 1. The summed E-state index contributed by atoms with van der Waals surface area (Å²) in [5.41, 5.74) is 0.353.